The molecule has 0 unspecified atom stereocenters. The van der Waals surface area contributed by atoms with E-state index in [2.05, 4.69) is 0 Å². The van der Waals surface area contributed by atoms with Gasteiger partial charge in [-0.15, -0.1) is 0 Å². The number of fused-ring (bicyclic) bond motifs is 1. The van der Waals surface area contributed by atoms with Crippen LogP contribution in [0.15, 0.2) is 71.6 Å². The molecule has 0 saturated carbocycles. The van der Waals surface area contributed by atoms with Gasteiger partial charge in [0.15, 0.2) is 0 Å². The Morgan fingerprint density at radius 3 is 2.46 bits per heavy atom. The summed E-state index contributed by atoms with van der Waals surface area (Å²) in [6.07, 6.45) is 1.75. The minimum atomic E-state index is -0.253. The molecular weight excluding hydrogens is 370 g/mol. The number of hydrogen-bond donors (Lipinski definition) is 0. The van der Waals surface area contributed by atoms with Gasteiger partial charge in [-0.2, -0.15) is 0 Å². The van der Waals surface area contributed by atoms with Gasteiger partial charge in [0.05, 0.1) is 18.1 Å². The van der Waals surface area contributed by atoms with Crippen LogP contribution in [0.2, 0.25) is 0 Å². The lowest BCUT2D eigenvalue weighted by Gasteiger charge is -2.13. The lowest BCUT2D eigenvalue weighted by Crippen LogP contribution is -2.27. The van der Waals surface area contributed by atoms with Gasteiger partial charge in [-0.1, -0.05) is 48.5 Å². The first-order chi connectivity index (χ1) is 13.6. The van der Waals surface area contributed by atoms with Gasteiger partial charge in [0.2, 0.25) is 0 Å². The number of amides is 2. The zero-order valence-corrected chi connectivity index (χ0v) is 16.2. The van der Waals surface area contributed by atoms with Crippen molar-refractivity contribution in [1.29, 1.82) is 0 Å². The third-order valence-corrected chi connectivity index (χ3v) is 5.42. The van der Waals surface area contributed by atoms with E-state index in [0.29, 0.717) is 11.5 Å². The summed E-state index contributed by atoms with van der Waals surface area (Å²) in [5, 5.41) is 1.99. The second kappa shape index (κ2) is 7.90. The summed E-state index contributed by atoms with van der Waals surface area (Å²) in [5.41, 5.74) is 1.79. The van der Waals surface area contributed by atoms with Crippen LogP contribution in [0.25, 0.3) is 16.8 Å². The molecule has 0 atom stereocenters. The van der Waals surface area contributed by atoms with Gasteiger partial charge in [0.25, 0.3) is 11.1 Å². The Kier molecular flexibility index (Phi) is 5.17. The topological polar surface area (TPSA) is 46.6 Å². The quantitative estimate of drug-likeness (QED) is 0.543. The summed E-state index contributed by atoms with van der Waals surface area (Å²) in [4.78, 5) is 26.9. The molecule has 3 aromatic carbocycles. The largest absolute Gasteiger partial charge is 0.494 e. The van der Waals surface area contributed by atoms with Crippen molar-refractivity contribution in [2.24, 2.45) is 0 Å². The molecule has 5 heteroatoms. The van der Waals surface area contributed by atoms with E-state index in [-0.39, 0.29) is 17.7 Å². The highest BCUT2D eigenvalue weighted by atomic mass is 32.2. The van der Waals surface area contributed by atoms with Crippen molar-refractivity contribution in [2.45, 2.75) is 13.5 Å². The van der Waals surface area contributed by atoms with Gasteiger partial charge in [-0.3, -0.25) is 14.5 Å². The van der Waals surface area contributed by atoms with E-state index in [9.17, 15) is 9.59 Å². The highest BCUT2D eigenvalue weighted by molar-refractivity contribution is 8.18. The number of imide groups is 1. The summed E-state index contributed by atoms with van der Waals surface area (Å²) in [6, 6.07) is 21.5. The fraction of sp³-hybridized carbons (Fsp3) is 0.130. The predicted octanol–water partition coefficient (Wildman–Crippen LogP) is 5.48. The van der Waals surface area contributed by atoms with Crippen LogP contribution in [0.5, 0.6) is 5.75 Å². The van der Waals surface area contributed by atoms with Gasteiger partial charge in [-0.05, 0) is 64.9 Å². The fourth-order valence-corrected chi connectivity index (χ4v) is 3.97. The van der Waals surface area contributed by atoms with E-state index in [4.69, 9.17) is 4.74 Å². The Morgan fingerprint density at radius 1 is 0.964 bits per heavy atom. The molecule has 1 aliphatic heterocycles. The van der Waals surface area contributed by atoms with E-state index in [1.54, 1.807) is 6.08 Å². The molecule has 1 saturated heterocycles. The van der Waals surface area contributed by atoms with Crippen molar-refractivity contribution < 1.29 is 14.3 Å². The van der Waals surface area contributed by atoms with Crippen LogP contribution in [0.3, 0.4) is 0 Å². The third kappa shape index (κ3) is 3.80. The van der Waals surface area contributed by atoms with E-state index in [1.807, 2.05) is 73.7 Å². The van der Waals surface area contributed by atoms with Crippen molar-refractivity contribution in [3.05, 3.63) is 82.8 Å². The molecule has 140 valence electrons. The Hall–Kier alpha value is -3.05. The lowest BCUT2D eigenvalue weighted by atomic mass is 10.1. The molecule has 0 aromatic heterocycles. The van der Waals surface area contributed by atoms with Crippen molar-refractivity contribution in [3.63, 3.8) is 0 Å². The molecule has 0 spiro atoms. The van der Waals surface area contributed by atoms with E-state index in [0.717, 1.165) is 39.4 Å². The third-order valence-electron chi connectivity index (χ3n) is 4.52. The normalized spacial score (nSPS) is 15.6. The maximum atomic E-state index is 12.7. The minimum absolute atomic E-state index is 0.240. The fourth-order valence-electron chi connectivity index (χ4n) is 3.13. The number of benzene rings is 3. The van der Waals surface area contributed by atoms with Crippen LogP contribution >= 0.6 is 11.8 Å². The average molecular weight is 389 g/mol. The zero-order chi connectivity index (χ0) is 19.5. The maximum absolute atomic E-state index is 12.7. The minimum Gasteiger partial charge on any atom is -0.494 e. The van der Waals surface area contributed by atoms with Crippen molar-refractivity contribution in [2.75, 3.05) is 6.61 Å². The van der Waals surface area contributed by atoms with Gasteiger partial charge in [0.1, 0.15) is 5.75 Å². The molecule has 1 fully saturated rings. The van der Waals surface area contributed by atoms with Crippen LogP contribution in [-0.2, 0) is 11.3 Å². The number of hydrogen-bond acceptors (Lipinski definition) is 4. The smallest absolute Gasteiger partial charge is 0.293 e. The van der Waals surface area contributed by atoms with Gasteiger partial charge in [-0.25, -0.2) is 0 Å². The number of ether oxygens (including phenoxy) is 1. The molecule has 4 rings (SSSR count). The van der Waals surface area contributed by atoms with Gasteiger partial charge >= 0.3 is 0 Å². The number of nitrogens with zero attached hydrogens (tertiary/aromatic N) is 1. The first-order valence-corrected chi connectivity index (χ1v) is 9.91. The van der Waals surface area contributed by atoms with Crippen molar-refractivity contribution in [3.8, 4) is 5.75 Å². The number of carbonyl (C=O) groups is 2. The van der Waals surface area contributed by atoms with Gasteiger partial charge in [0, 0.05) is 0 Å². The highest BCUT2D eigenvalue weighted by Gasteiger charge is 2.34. The molecule has 3 aromatic rings. The lowest BCUT2D eigenvalue weighted by molar-refractivity contribution is -0.123. The summed E-state index contributed by atoms with van der Waals surface area (Å²) in [7, 11) is 0. The molecule has 0 bridgehead atoms. The van der Waals surface area contributed by atoms with Crippen LogP contribution < -0.4 is 4.74 Å². The maximum Gasteiger partial charge on any atom is 0.293 e. The number of carbonyl (C=O) groups excluding carboxylic acids is 2. The van der Waals surface area contributed by atoms with Crippen molar-refractivity contribution in [1.82, 2.24) is 4.90 Å². The molecular formula is C23H19NO3S. The summed E-state index contributed by atoms with van der Waals surface area (Å²) in [6.45, 7) is 2.81. The Labute approximate surface area is 167 Å². The molecule has 0 aliphatic carbocycles. The molecule has 0 radical (unpaired) electrons. The molecule has 0 N–H and O–H groups in total. The Balaban J connectivity index is 1.52. The zero-order valence-electron chi connectivity index (χ0n) is 15.4. The van der Waals surface area contributed by atoms with Crippen molar-refractivity contribution >= 4 is 39.8 Å². The molecule has 2 amide bonds. The molecule has 4 nitrogen and oxygen atoms in total. The number of thioether (sulfide) groups is 1. The monoisotopic (exact) mass is 389 g/mol. The van der Waals surface area contributed by atoms with E-state index < -0.39 is 0 Å². The van der Waals surface area contributed by atoms with Crippen LogP contribution in [0.4, 0.5) is 4.79 Å². The Morgan fingerprint density at radius 2 is 1.71 bits per heavy atom. The first-order valence-electron chi connectivity index (χ1n) is 9.10. The van der Waals surface area contributed by atoms with Crippen LogP contribution in [-0.4, -0.2) is 22.7 Å². The van der Waals surface area contributed by atoms with E-state index in [1.165, 1.54) is 4.90 Å². The SMILES string of the molecule is CCOc1ccc(/C=C2\SC(=O)N(Cc3ccc4ccccc4c3)C2=O)cc1. The summed E-state index contributed by atoms with van der Waals surface area (Å²) >= 11 is 0.981. The average Bonchev–Trinajstić information content (AvgIpc) is 2.97. The van der Waals surface area contributed by atoms with E-state index >= 15 is 0 Å². The number of rotatable bonds is 5. The first kappa shape index (κ1) is 18.3. The Bertz CT molecular complexity index is 1070. The highest BCUT2D eigenvalue weighted by Crippen LogP contribution is 2.33. The second-order valence-electron chi connectivity index (χ2n) is 6.45. The second-order valence-corrected chi connectivity index (χ2v) is 7.44. The summed E-state index contributed by atoms with van der Waals surface area (Å²) < 4.78 is 5.43. The van der Waals surface area contributed by atoms with Gasteiger partial charge < -0.3 is 4.74 Å². The standard InChI is InChI=1S/C23H19NO3S/c1-2-27-20-11-8-16(9-12-20)14-21-22(25)24(23(26)28-21)15-17-7-10-18-5-3-4-6-19(18)13-17/h3-14H,2,15H2,1H3/b21-14-. The summed E-state index contributed by atoms with van der Waals surface area (Å²) in [5.74, 6) is 0.529. The molecule has 1 heterocycles. The van der Waals surface area contributed by atoms with Crippen LogP contribution in [0, 0.1) is 0 Å². The predicted molar refractivity (Wildman–Crippen MR) is 113 cm³/mol. The molecule has 28 heavy (non-hydrogen) atoms. The molecule has 1 aliphatic rings. The van der Waals surface area contributed by atoms with Crippen LogP contribution in [0.1, 0.15) is 18.1 Å².